The number of hydrogen-bond donors (Lipinski definition) is 2. The van der Waals surface area contributed by atoms with E-state index in [-0.39, 0.29) is 11.6 Å². The van der Waals surface area contributed by atoms with Crippen LogP contribution in [0.2, 0.25) is 0 Å². The summed E-state index contributed by atoms with van der Waals surface area (Å²) in [4.78, 5) is 32.0. The van der Waals surface area contributed by atoms with Gasteiger partial charge in [0, 0.05) is 11.4 Å². The molecule has 0 atom stereocenters. The molecule has 27 heavy (non-hydrogen) atoms. The van der Waals surface area contributed by atoms with E-state index in [2.05, 4.69) is 25.3 Å². The van der Waals surface area contributed by atoms with Crippen molar-refractivity contribution in [3.05, 3.63) is 77.7 Å². The smallest absolute Gasteiger partial charge is 0.337 e. The first kappa shape index (κ1) is 18.1. The fraction of sp³-hybridized carbons (Fsp3) is 0.100. The predicted molar refractivity (Wildman–Crippen MR) is 102 cm³/mol. The number of methoxy groups -OCH3 is 1. The van der Waals surface area contributed by atoms with Crippen LogP contribution >= 0.6 is 0 Å². The number of rotatable bonds is 5. The van der Waals surface area contributed by atoms with Crippen molar-refractivity contribution in [2.75, 3.05) is 17.7 Å². The molecule has 0 aliphatic heterocycles. The lowest BCUT2D eigenvalue weighted by molar-refractivity contribution is 0.0600. The minimum absolute atomic E-state index is 0.211. The summed E-state index contributed by atoms with van der Waals surface area (Å²) in [5, 5.41) is 5.84. The molecule has 136 valence electrons. The molecule has 0 aliphatic rings. The van der Waals surface area contributed by atoms with Crippen molar-refractivity contribution in [3.63, 3.8) is 0 Å². The minimum atomic E-state index is -0.398. The Bertz CT molecular complexity index is 954. The summed E-state index contributed by atoms with van der Waals surface area (Å²) in [7, 11) is 1.33. The molecule has 3 aromatic rings. The van der Waals surface area contributed by atoms with Crippen LogP contribution < -0.4 is 10.6 Å². The largest absolute Gasteiger partial charge is 0.465 e. The topological polar surface area (TPSA) is 93.2 Å². The first-order chi connectivity index (χ1) is 13.0. The van der Waals surface area contributed by atoms with Crippen molar-refractivity contribution in [1.82, 2.24) is 9.97 Å². The third kappa shape index (κ3) is 4.66. The number of esters is 1. The fourth-order valence-corrected chi connectivity index (χ4v) is 2.38. The summed E-state index contributed by atoms with van der Waals surface area (Å²) in [6.07, 6.45) is 2.87. The average Bonchev–Trinajstić information content (AvgIpc) is 2.68. The van der Waals surface area contributed by atoms with Gasteiger partial charge in [0.05, 0.1) is 25.1 Å². The lowest BCUT2D eigenvalue weighted by atomic mass is 10.2. The van der Waals surface area contributed by atoms with Crippen LogP contribution in [0.1, 0.15) is 26.4 Å². The maximum absolute atomic E-state index is 12.2. The lowest BCUT2D eigenvalue weighted by Crippen LogP contribution is -2.14. The van der Waals surface area contributed by atoms with Crippen molar-refractivity contribution < 1.29 is 14.3 Å². The van der Waals surface area contributed by atoms with Crippen LogP contribution in [-0.4, -0.2) is 29.0 Å². The molecule has 1 aromatic heterocycles. The number of carbonyl (C=O) groups is 2. The number of aromatic nitrogens is 2. The number of nitrogens with one attached hydrogen (secondary N) is 2. The zero-order chi connectivity index (χ0) is 19.2. The van der Waals surface area contributed by atoms with E-state index in [1.807, 2.05) is 31.2 Å². The Hall–Kier alpha value is -3.74. The summed E-state index contributed by atoms with van der Waals surface area (Å²) < 4.78 is 4.66. The van der Waals surface area contributed by atoms with E-state index < -0.39 is 5.97 Å². The molecule has 0 bridgehead atoms. The summed E-state index contributed by atoms with van der Waals surface area (Å²) in [6, 6.07) is 14.3. The molecule has 0 aliphatic carbocycles. The molecule has 7 heteroatoms. The number of amides is 1. The monoisotopic (exact) mass is 362 g/mol. The van der Waals surface area contributed by atoms with Crippen LogP contribution in [-0.2, 0) is 4.74 Å². The van der Waals surface area contributed by atoms with Crippen molar-refractivity contribution in [2.24, 2.45) is 0 Å². The third-order valence-electron chi connectivity index (χ3n) is 3.74. The zero-order valence-corrected chi connectivity index (χ0v) is 14.9. The summed E-state index contributed by atoms with van der Waals surface area (Å²) in [5.41, 5.74) is 3.15. The summed E-state index contributed by atoms with van der Waals surface area (Å²) in [6.45, 7) is 1.95. The molecular formula is C20H18N4O3. The van der Waals surface area contributed by atoms with Crippen LogP contribution in [0, 0.1) is 6.92 Å². The van der Waals surface area contributed by atoms with Crippen molar-refractivity contribution in [3.8, 4) is 0 Å². The highest BCUT2D eigenvalue weighted by Gasteiger charge is 2.09. The van der Waals surface area contributed by atoms with Gasteiger partial charge in [-0.25, -0.2) is 14.8 Å². The SMILES string of the molecule is COC(=O)c1ccc(Nc2cnc(C(=O)Nc3cccc(C)c3)cn2)cc1. The van der Waals surface area contributed by atoms with E-state index in [0.717, 1.165) is 11.3 Å². The fourth-order valence-electron chi connectivity index (χ4n) is 2.38. The van der Waals surface area contributed by atoms with Gasteiger partial charge >= 0.3 is 5.97 Å². The zero-order valence-electron chi connectivity index (χ0n) is 14.9. The van der Waals surface area contributed by atoms with Gasteiger partial charge in [-0.05, 0) is 48.9 Å². The van der Waals surface area contributed by atoms with E-state index in [4.69, 9.17) is 0 Å². The van der Waals surface area contributed by atoms with Crippen LogP contribution in [0.3, 0.4) is 0 Å². The third-order valence-corrected chi connectivity index (χ3v) is 3.74. The summed E-state index contributed by atoms with van der Waals surface area (Å²) >= 11 is 0. The Morgan fingerprint density at radius 1 is 0.963 bits per heavy atom. The number of hydrogen-bond acceptors (Lipinski definition) is 6. The van der Waals surface area contributed by atoms with E-state index in [9.17, 15) is 9.59 Å². The molecule has 0 saturated heterocycles. The number of nitrogens with zero attached hydrogens (tertiary/aromatic N) is 2. The molecule has 2 N–H and O–H groups in total. The average molecular weight is 362 g/mol. The number of aryl methyl sites for hydroxylation is 1. The molecule has 0 radical (unpaired) electrons. The number of ether oxygens (including phenoxy) is 1. The van der Waals surface area contributed by atoms with Gasteiger partial charge in [-0.1, -0.05) is 12.1 Å². The quantitative estimate of drug-likeness (QED) is 0.674. The number of benzene rings is 2. The van der Waals surface area contributed by atoms with Crippen LogP contribution in [0.15, 0.2) is 60.9 Å². The second-order valence-electron chi connectivity index (χ2n) is 5.80. The van der Waals surface area contributed by atoms with Gasteiger partial charge < -0.3 is 15.4 Å². The Morgan fingerprint density at radius 3 is 2.37 bits per heavy atom. The number of anilines is 3. The maximum Gasteiger partial charge on any atom is 0.337 e. The lowest BCUT2D eigenvalue weighted by Gasteiger charge is -2.08. The maximum atomic E-state index is 12.2. The molecule has 2 aromatic carbocycles. The Labute approximate surface area is 156 Å². The molecular weight excluding hydrogens is 344 g/mol. The highest BCUT2D eigenvalue weighted by atomic mass is 16.5. The number of carbonyl (C=O) groups excluding carboxylic acids is 2. The molecule has 0 spiro atoms. The normalized spacial score (nSPS) is 10.1. The van der Waals surface area contributed by atoms with Gasteiger partial charge in [0.2, 0.25) is 0 Å². The Kier molecular flexibility index (Phi) is 5.41. The van der Waals surface area contributed by atoms with E-state index in [0.29, 0.717) is 17.1 Å². The van der Waals surface area contributed by atoms with Gasteiger partial charge in [-0.2, -0.15) is 0 Å². The molecule has 1 heterocycles. The van der Waals surface area contributed by atoms with Crippen LogP contribution in [0.25, 0.3) is 0 Å². The first-order valence-corrected chi connectivity index (χ1v) is 8.20. The molecule has 3 rings (SSSR count). The minimum Gasteiger partial charge on any atom is -0.465 e. The highest BCUT2D eigenvalue weighted by molar-refractivity contribution is 6.02. The Morgan fingerprint density at radius 2 is 1.74 bits per heavy atom. The molecule has 0 unspecified atom stereocenters. The standard InChI is InChI=1S/C20H18N4O3/c1-13-4-3-5-16(10-13)24-19(25)17-11-22-18(12-21-17)23-15-8-6-14(7-9-15)20(26)27-2/h3-12H,1-2H3,(H,22,23)(H,24,25). The first-order valence-electron chi connectivity index (χ1n) is 8.20. The van der Waals surface area contributed by atoms with E-state index in [1.165, 1.54) is 19.5 Å². The predicted octanol–water partition coefficient (Wildman–Crippen LogP) is 3.57. The van der Waals surface area contributed by atoms with Gasteiger partial charge in [0.15, 0.2) is 0 Å². The van der Waals surface area contributed by atoms with Crippen molar-refractivity contribution >= 4 is 29.1 Å². The summed E-state index contributed by atoms with van der Waals surface area (Å²) in [5.74, 6) is -0.250. The van der Waals surface area contributed by atoms with Crippen molar-refractivity contribution in [2.45, 2.75) is 6.92 Å². The molecule has 0 saturated carbocycles. The van der Waals surface area contributed by atoms with Gasteiger partial charge in [-0.3, -0.25) is 4.79 Å². The molecule has 1 amide bonds. The van der Waals surface area contributed by atoms with Gasteiger partial charge in [0.25, 0.3) is 5.91 Å². The van der Waals surface area contributed by atoms with Crippen LogP contribution in [0.5, 0.6) is 0 Å². The Balaban J connectivity index is 1.64. The van der Waals surface area contributed by atoms with E-state index in [1.54, 1.807) is 24.3 Å². The van der Waals surface area contributed by atoms with E-state index >= 15 is 0 Å². The van der Waals surface area contributed by atoms with Crippen molar-refractivity contribution in [1.29, 1.82) is 0 Å². The highest BCUT2D eigenvalue weighted by Crippen LogP contribution is 2.16. The molecule has 7 nitrogen and oxygen atoms in total. The molecule has 0 fully saturated rings. The second-order valence-corrected chi connectivity index (χ2v) is 5.80. The van der Waals surface area contributed by atoms with Gasteiger partial charge in [0.1, 0.15) is 11.5 Å². The van der Waals surface area contributed by atoms with Gasteiger partial charge in [-0.15, -0.1) is 0 Å². The van der Waals surface area contributed by atoms with Crippen LogP contribution in [0.4, 0.5) is 17.2 Å². The second kappa shape index (κ2) is 8.09.